The van der Waals surface area contributed by atoms with E-state index >= 15 is 0 Å². The zero-order valence-electron chi connectivity index (χ0n) is 16.2. The van der Waals surface area contributed by atoms with Crippen LogP contribution in [0.3, 0.4) is 0 Å². The largest absolute Gasteiger partial charge is 0.485 e. The Kier molecular flexibility index (Phi) is 6.17. The van der Waals surface area contributed by atoms with Crippen LogP contribution in [-0.4, -0.2) is 31.6 Å². The third kappa shape index (κ3) is 5.39. The highest BCUT2D eigenvalue weighted by atomic mass is 32.2. The predicted molar refractivity (Wildman–Crippen MR) is 104 cm³/mol. The summed E-state index contributed by atoms with van der Waals surface area (Å²) in [6, 6.07) is 5.97. The smallest absolute Gasteiger partial charge is 0.233 e. The lowest BCUT2D eigenvalue weighted by atomic mass is 10.1. The summed E-state index contributed by atoms with van der Waals surface area (Å²) in [6.45, 7) is 11.9. The first-order chi connectivity index (χ1) is 12.1. The second kappa shape index (κ2) is 7.99. The minimum atomic E-state index is -0.339. The second-order valence-electron chi connectivity index (χ2n) is 7.33. The van der Waals surface area contributed by atoms with Crippen molar-refractivity contribution in [3.05, 3.63) is 35.2 Å². The van der Waals surface area contributed by atoms with E-state index in [0.29, 0.717) is 11.0 Å². The summed E-state index contributed by atoms with van der Waals surface area (Å²) in [4.78, 5) is 12.2. The normalized spacial score (nSPS) is 12.7. The van der Waals surface area contributed by atoms with Crippen molar-refractivity contribution in [1.82, 2.24) is 20.2 Å². The third-order valence-corrected chi connectivity index (χ3v) is 4.63. The Morgan fingerprint density at radius 1 is 1.35 bits per heavy atom. The molecule has 2 aromatic rings. The second-order valence-corrected chi connectivity index (χ2v) is 8.63. The van der Waals surface area contributed by atoms with Gasteiger partial charge >= 0.3 is 0 Å². The van der Waals surface area contributed by atoms with E-state index in [0.717, 1.165) is 11.3 Å². The number of nitrogens with one attached hydrogen (secondary N) is 1. The molecule has 1 aromatic heterocycles. The molecule has 1 heterocycles. The molecule has 8 heteroatoms. The number of carbonyl (C=O) groups excluding carboxylic acids is 1. The van der Waals surface area contributed by atoms with Gasteiger partial charge in [-0.05, 0) is 53.2 Å². The summed E-state index contributed by atoms with van der Waals surface area (Å²) in [7, 11) is 0. The van der Waals surface area contributed by atoms with Gasteiger partial charge in [-0.15, -0.1) is 10.2 Å². The van der Waals surface area contributed by atoms with Crippen molar-refractivity contribution in [3.8, 4) is 5.75 Å². The molecule has 0 aliphatic carbocycles. The monoisotopic (exact) mass is 377 g/mol. The van der Waals surface area contributed by atoms with E-state index in [1.165, 1.54) is 22.0 Å². The molecule has 3 N–H and O–H groups in total. The quantitative estimate of drug-likeness (QED) is 0.593. The zero-order valence-corrected chi connectivity index (χ0v) is 17.0. The van der Waals surface area contributed by atoms with Gasteiger partial charge in [0.15, 0.2) is 5.82 Å². The molecule has 0 aliphatic heterocycles. The molecule has 0 saturated carbocycles. The first-order valence-corrected chi connectivity index (χ1v) is 9.33. The van der Waals surface area contributed by atoms with Gasteiger partial charge in [0.2, 0.25) is 11.1 Å². The van der Waals surface area contributed by atoms with Crippen molar-refractivity contribution in [2.45, 2.75) is 64.1 Å². The van der Waals surface area contributed by atoms with E-state index in [9.17, 15) is 4.79 Å². The molecular formula is C18H27N5O2S. The first kappa shape index (κ1) is 20.1. The number of aryl methyl sites for hydroxylation is 2. The Balaban J connectivity index is 1.99. The van der Waals surface area contributed by atoms with Gasteiger partial charge in [0.1, 0.15) is 12.4 Å². The summed E-state index contributed by atoms with van der Waals surface area (Å²) in [5.41, 5.74) is 1.95. The van der Waals surface area contributed by atoms with Crippen LogP contribution >= 0.6 is 11.8 Å². The van der Waals surface area contributed by atoms with Crippen molar-refractivity contribution in [2.24, 2.45) is 0 Å². The number of nitrogens with two attached hydrogens (primary N) is 1. The van der Waals surface area contributed by atoms with Crippen LogP contribution in [0.25, 0.3) is 0 Å². The first-order valence-electron chi connectivity index (χ1n) is 8.45. The van der Waals surface area contributed by atoms with Crippen LogP contribution in [0.5, 0.6) is 5.75 Å². The molecule has 0 bridgehead atoms. The Labute approximate surface area is 158 Å². The molecule has 26 heavy (non-hydrogen) atoms. The van der Waals surface area contributed by atoms with Crippen LogP contribution in [0, 0.1) is 13.8 Å². The van der Waals surface area contributed by atoms with E-state index in [1.54, 1.807) is 0 Å². The average molecular weight is 378 g/mol. The molecule has 142 valence electrons. The molecule has 2 rings (SSSR count). The standard InChI is InChI=1S/C18H27N5O2S/c1-11-7-8-14(12(2)9-11)25-10-15-21-22-17(23(15)19)26-13(3)16(24)20-18(4,5)6/h7-9,13H,10,19H2,1-6H3,(H,20,24)/t13-/m1/s1. The lowest BCUT2D eigenvalue weighted by Crippen LogP contribution is -2.44. The Morgan fingerprint density at radius 3 is 2.65 bits per heavy atom. The van der Waals surface area contributed by atoms with Crippen LogP contribution in [0.4, 0.5) is 0 Å². The van der Waals surface area contributed by atoms with Gasteiger partial charge in [0.05, 0.1) is 5.25 Å². The summed E-state index contributed by atoms with van der Waals surface area (Å²) in [6.07, 6.45) is 0. The summed E-state index contributed by atoms with van der Waals surface area (Å²) >= 11 is 1.26. The molecule has 0 aliphatic rings. The topological polar surface area (TPSA) is 95.1 Å². The lowest BCUT2D eigenvalue weighted by molar-refractivity contribution is -0.121. The zero-order chi connectivity index (χ0) is 19.5. The number of thioether (sulfide) groups is 1. The molecule has 0 radical (unpaired) electrons. The molecule has 0 unspecified atom stereocenters. The Morgan fingerprint density at radius 2 is 2.04 bits per heavy atom. The highest BCUT2D eigenvalue weighted by Crippen LogP contribution is 2.23. The molecule has 7 nitrogen and oxygen atoms in total. The van der Waals surface area contributed by atoms with E-state index in [4.69, 9.17) is 10.6 Å². The van der Waals surface area contributed by atoms with Gasteiger partial charge in [-0.1, -0.05) is 29.5 Å². The van der Waals surface area contributed by atoms with Crippen LogP contribution < -0.4 is 15.9 Å². The van der Waals surface area contributed by atoms with Gasteiger partial charge < -0.3 is 15.9 Å². The number of hydrogen-bond donors (Lipinski definition) is 2. The molecule has 0 spiro atoms. The Hall–Kier alpha value is -2.22. The molecule has 1 aromatic carbocycles. The summed E-state index contributed by atoms with van der Waals surface area (Å²) < 4.78 is 7.17. The predicted octanol–water partition coefficient (Wildman–Crippen LogP) is 2.58. The van der Waals surface area contributed by atoms with E-state index in [1.807, 2.05) is 53.7 Å². The van der Waals surface area contributed by atoms with Crippen molar-refractivity contribution < 1.29 is 9.53 Å². The Bertz CT molecular complexity index is 782. The van der Waals surface area contributed by atoms with Gasteiger partial charge in [-0.3, -0.25) is 4.79 Å². The lowest BCUT2D eigenvalue weighted by Gasteiger charge is -2.22. The number of nitrogen functional groups attached to an aromatic ring is 1. The molecule has 1 atom stereocenters. The van der Waals surface area contributed by atoms with Gasteiger partial charge in [0, 0.05) is 5.54 Å². The van der Waals surface area contributed by atoms with Gasteiger partial charge in [-0.2, -0.15) is 0 Å². The van der Waals surface area contributed by atoms with Gasteiger partial charge in [0.25, 0.3) is 0 Å². The average Bonchev–Trinajstić information content (AvgIpc) is 2.85. The van der Waals surface area contributed by atoms with E-state index < -0.39 is 0 Å². The minimum Gasteiger partial charge on any atom is -0.485 e. The minimum absolute atomic E-state index is 0.0708. The number of carbonyl (C=O) groups is 1. The van der Waals surface area contributed by atoms with Crippen molar-refractivity contribution in [3.63, 3.8) is 0 Å². The van der Waals surface area contributed by atoms with Crippen molar-refractivity contribution >= 4 is 17.7 Å². The molecular weight excluding hydrogens is 350 g/mol. The maximum Gasteiger partial charge on any atom is 0.233 e. The summed E-state index contributed by atoms with van der Waals surface area (Å²) in [5.74, 6) is 7.27. The fourth-order valence-corrected chi connectivity index (χ4v) is 3.06. The SMILES string of the molecule is Cc1ccc(OCc2nnc(S[C@H](C)C(=O)NC(C)(C)C)n2N)c(C)c1. The highest BCUT2D eigenvalue weighted by Gasteiger charge is 2.23. The fourth-order valence-electron chi connectivity index (χ4n) is 2.27. The molecule has 0 saturated heterocycles. The molecule has 0 fully saturated rings. The highest BCUT2D eigenvalue weighted by molar-refractivity contribution is 8.00. The molecule has 1 amide bonds. The van der Waals surface area contributed by atoms with Crippen LogP contribution in [0.1, 0.15) is 44.6 Å². The maximum absolute atomic E-state index is 12.2. The third-order valence-electron chi connectivity index (χ3n) is 3.57. The summed E-state index contributed by atoms with van der Waals surface area (Å²) in [5, 5.41) is 11.2. The number of nitrogens with zero attached hydrogens (tertiary/aromatic N) is 3. The number of ether oxygens (including phenoxy) is 1. The number of aromatic nitrogens is 3. The van der Waals surface area contributed by atoms with Crippen molar-refractivity contribution in [1.29, 1.82) is 0 Å². The van der Waals surface area contributed by atoms with Crippen LogP contribution in [0.2, 0.25) is 0 Å². The number of benzene rings is 1. The number of amides is 1. The number of rotatable bonds is 6. The van der Waals surface area contributed by atoms with Gasteiger partial charge in [-0.25, -0.2) is 4.68 Å². The van der Waals surface area contributed by atoms with Crippen LogP contribution in [0.15, 0.2) is 23.4 Å². The van der Waals surface area contributed by atoms with Crippen LogP contribution in [-0.2, 0) is 11.4 Å². The van der Waals surface area contributed by atoms with E-state index in [-0.39, 0.29) is 23.3 Å². The van der Waals surface area contributed by atoms with E-state index in [2.05, 4.69) is 21.6 Å². The maximum atomic E-state index is 12.2. The van der Waals surface area contributed by atoms with Crippen molar-refractivity contribution in [2.75, 3.05) is 5.84 Å². The number of hydrogen-bond acceptors (Lipinski definition) is 6. The fraction of sp³-hybridized carbons (Fsp3) is 0.500.